The van der Waals surface area contributed by atoms with E-state index < -0.39 is 5.54 Å². The molecule has 1 aliphatic rings. The highest BCUT2D eigenvalue weighted by atomic mass is 19.1. The van der Waals surface area contributed by atoms with Crippen LogP contribution in [0, 0.1) is 5.82 Å². The molecule has 3 nitrogen and oxygen atoms in total. The zero-order valence-corrected chi connectivity index (χ0v) is 9.22. The predicted octanol–water partition coefficient (Wildman–Crippen LogP) is 1.06. The molecule has 0 aromatic heterocycles. The van der Waals surface area contributed by atoms with Crippen molar-refractivity contribution < 1.29 is 9.18 Å². The van der Waals surface area contributed by atoms with E-state index in [0.717, 1.165) is 5.56 Å². The van der Waals surface area contributed by atoms with E-state index in [1.807, 2.05) is 6.07 Å². The number of carbonyl (C=O) groups excluding carboxylic acids is 1. The van der Waals surface area contributed by atoms with Crippen LogP contribution in [-0.2, 0) is 16.8 Å². The Kier molecular flexibility index (Phi) is 2.68. The number of carbonyl (C=O) groups is 1. The van der Waals surface area contributed by atoms with Gasteiger partial charge in [-0.3, -0.25) is 4.79 Å². The van der Waals surface area contributed by atoms with Crippen LogP contribution in [0.15, 0.2) is 18.2 Å². The quantitative estimate of drug-likeness (QED) is 0.803. The monoisotopic (exact) mass is 222 g/mol. The lowest BCUT2D eigenvalue weighted by Crippen LogP contribution is -2.41. The minimum atomic E-state index is -0.483. The average Bonchev–Trinajstić information content (AvgIpc) is 2.59. The fourth-order valence-corrected chi connectivity index (χ4v) is 2.56. The normalized spacial score (nSPS) is 23.1. The van der Waals surface area contributed by atoms with Gasteiger partial charge in [0.1, 0.15) is 5.82 Å². The second-order valence-corrected chi connectivity index (χ2v) is 4.24. The van der Waals surface area contributed by atoms with Crippen molar-refractivity contribution in [2.24, 2.45) is 5.73 Å². The molecule has 0 saturated heterocycles. The van der Waals surface area contributed by atoms with Crippen molar-refractivity contribution in [3.63, 3.8) is 0 Å². The summed E-state index contributed by atoms with van der Waals surface area (Å²) < 4.78 is 13.6. The van der Waals surface area contributed by atoms with E-state index in [1.54, 1.807) is 13.1 Å². The Hall–Kier alpha value is -1.42. The van der Waals surface area contributed by atoms with Crippen LogP contribution < -0.4 is 11.1 Å². The maximum atomic E-state index is 13.6. The molecule has 86 valence electrons. The first-order valence-corrected chi connectivity index (χ1v) is 5.34. The summed E-state index contributed by atoms with van der Waals surface area (Å²) in [6.07, 6.45) is 1.57. The zero-order valence-electron chi connectivity index (χ0n) is 9.22. The number of amides is 1. The molecule has 0 heterocycles. The van der Waals surface area contributed by atoms with Gasteiger partial charge in [0.2, 0.25) is 5.91 Å². The smallest absolute Gasteiger partial charge is 0.219 e. The molecule has 0 aliphatic heterocycles. The van der Waals surface area contributed by atoms with Crippen molar-refractivity contribution in [2.75, 3.05) is 7.05 Å². The van der Waals surface area contributed by atoms with E-state index in [4.69, 9.17) is 5.73 Å². The summed E-state index contributed by atoms with van der Waals surface area (Å²) in [6.45, 7) is 0. The number of halogens is 1. The van der Waals surface area contributed by atoms with Gasteiger partial charge in [0.05, 0.1) is 5.54 Å². The highest BCUT2D eigenvalue weighted by Gasteiger charge is 2.39. The fourth-order valence-electron chi connectivity index (χ4n) is 2.56. The average molecular weight is 222 g/mol. The van der Waals surface area contributed by atoms with Gasteiger partial charge in [-0.2, -0.15) is 0 Å². The molecule has 1 unspecified atom stereocenters. The third kappa shape index (κ3) is 1.59. The van der Waals surface area contributed by atoms with Crippen LogP contribution in [0.3, 0.4) is 0 Å². The summed E-state index contributed by atoms with van der Waals surface area (Å²) in [5, 5.41) is 3.12. The Labute approximate surface area is 93.8 Å². The fraction of sp³-hybridized carbons (Fsp3) is 0.417. The molecular formula is C12H15FN2O. The van der Waals surface area contributed by atoms with Crippen molar-refractivity contribution in [3.05, 3.63) is 35.1 Å². The van der Waals surface area contributed by atoms with Crippen LogP contribution in [0.2, 0.25) is 0 Å². The number of benzene rings is 1. The number of nitrogens with two attached hydrogens (primary N) is 1. The Balaban J connectivity index is 2.47. The van der Waals surface area contributed by atoms with E-state index in [2.05, 4.69) is 5.32 Å². The number of primary amides is 1. The summed E-state index contributed by atoms with van der Waals surface area (Å²) in [6, 6.07) is 4.99. The van der Waals surface area contributed by atoms with Crippen LogP contribution in [-0.4, -0.2) is 13.0 Å². The Morgan fingerprint density at radius 2 is 2.38 bits per heavy atom. The number of hydrogen-bond donors (Lipinski definition) is 2. The van der Waals surface area contributed by atoms with Gasteiger partial charge in [-0.25, -0.2) is 4.39 Å². The SMILES string of the molecule is CNC1(CC(N)=O)CCc2c(F)cccc21. The van der Waals surface area contributed by atoms with Crippen molar-refractivity contribution in [2.45, 2.75) is 24.8 Å². The minimum Gasteiger partial charge on any atom is -0.370 e. The van der Waals surface area contributed by atoms with Crippen LogP contribution in [0.5, 0.6) is 0 Å². The lowest BCUT2D eigenvalue weighted by atomic mass is 9.88. The Morgan fingerprint density at radius 1 is 1.62 bits per heavy atom. The second-order valence-electron chi connectivity index (χ2n) is 4.24. The van der Waals surface area contributed by atoms with E-state index in [9.17, 15) is 9.18 Å². The van der Waals surface area contributed by atoms with Crippen LogP contribution in [0.25, 0.3) is 0 Å². The minimum absolute atomic E-state index is 0.195. The van der Waals surface area contributed by atoms with Gasteiger partial charge in [-0.15, -0.1) is 0 Å². The first kappa shape index (κ1) is 11.1. The molecule has 1 atom stereocenters. The van der Waals surface area contributed by atoms with E-state index in [1.165, 1.54) is 6.07 Å². The maximum Gasteiger partial charge on any atom is 0.219 e. The third-order valence-corrected chi connectivity index (χ3v) is 3.39. The molecule has 0 radical (unpaired) electrons. The van der Waals surface area contributed by atoms with Crippen LogP contribution >= 0.6 is 0 Å². The van der Waals surface area contributed by atoms with Gasteiger partial charge in [0.15, 0.2) is 0 Å². The first-order chi connectivity index (χ1) is 7.59. The number of fused-ring (bicyclic) bond motifs is 1. The highest BCUT2D eigenvalue weighted by Crippen LogP contribution is 2.39. The molecular weight excluding hydrogens is 207 g/mol. The van der Waals surface area contributed by atoms with Crippen molar-refractivity contribution >= 4 is 5.91 Å². The summed E-state index contributed by atoms with van der Waals surface area (Å²) in [5.41, 5.74) is 6.35. The molecule has 1 aliphatic carbocycles. The maximum absolute atomic E-state index is 13.6. The van der Waals surface area contributed by atoms with Crippen molar-refractivity contribution in [1.29, 1.82) is 0 Å². The van der Waals surface area contributed by atoms with Gasteiger partial charge >= 0.3 is 0 Å². The van der Waals surface area contributed by atoms with Crippen LogP contribution in [0.1, 0.15) is 24.0 Å². The Bertz CT molecular complexity index is 433. The molecule has 2 rings (SSSR count). The highest BCUT2D eigenvalue weighted by molar-refractivity contribution is 5.76. The summed E-state index contributed by atoms with van der Waals surface area (Å²) in [7, 11) is 1.78. The standard InChI is InChI=1S/C12H15FN2O/c1-15-12(7-11(14)16)6-5-8-9(12)3-2-4-10(8)13/h2-4,15H,5-7H2,1H3,(H2,14,16). The number of rotatable bonds is 3. The van der Waals surface area contributed by atoms with Gasteiger partial charge in [-0.1, -0.05) is 12.1 Å². The summed E-state index contributed by atoms with van der Waals surface area (Å²) >= 11 is 0. The van der Waals surface area contributed by atoms with E-state index >= 15 is 0 Å². The summed E-state index contributed by atoms with van der Waals surface area (Å²) in [5.74, 6) is -0.564. The van der Waals surface area contributed by atoms with Gasteiger partial charge in [0.25, 0.3) is 0 Å². The molecule has 1 aromatic carbocycles. The third-order valence-electron chi connectivity index (χ3n) is 3.39. The van der Waals surface area contributed by atoms with Gasteiger partial charge in [0, 0.05) is 6.42 Å². The predicted molar refractivity (Wildman–Crippen MR) is 59.3 cm³/mol. The molecule has 0 fully saturated rings. The molecule has 4 heteroatoms. The number of nitrogens with one attached hydrogen (secondary N) is 1. The van der Waals surface area contributed by atoms with Gasteiger partial charge < -0.3 is 11.1 Å². The van der Waals surface area contributed by atoms with Crippen LogP contribution in [0.4, 0.5) is 4.39 Å². The van der Waals surface area contributed by atoms with Gasteiger partial charge in [-0.05, 0) is 37.1 Å². The molecule has 1 aromatic rings. The molecule has 0 saturated carbocycles. The van der Waals surface area contributed by atoms with E-state index in [-0.39, 0.29) is 18.1 Å². The molecule has 0 bridgehead atoms. The lowest BCUT2D eigenvalue weighted by Gasteiger charge is -2.28. The molecule has 3 N–H and O–H groups in total. The van der Waals surface area contributed by atoms with Crippen molar-refractivity contribution in [1.82, 2.24) is 5.32 Å². The first-order valence-electron chi connectivity index (χ1n) is 5.34. The lowest BCUT2D eigenvalue weighted by molar-refractivity contribution is -0.119. The van der Waals surface area contributed by atoms with E-state index in [0.29, 0.717) is 18.4 Å². The molecule has 1 amide bonds. The largest absolute Gasteiger partial charge is 0.370 e. The second kappa shape index (κ2) is 3.87. The Morgan fingerprint density at radius 3 is 3.00 bits per heavy atom. The topological polar surface area (TPSA) is 55.1 Å². The molecule has 0 spiro atoms. The van der Waals surface area contributed by atoms with Crippen molar-refractivity contribution in [3.8, 4) is 0 Å². The summed E-state index contributed by atoms with van der Waals surface area (Å²) in [4.78, 5) is 11.1. The number of hydrogen-bond acceptors (Lipinski definition) is 2. The molecule has 16 heavy (non-hydrogen) atoms. The zero-order chi connectivity index (χ0) is 11.8.